The monoisotopic (exact) mass is 318 g/mol. The third kappa shape index (κ3) is 9.24. The summed E-state index contributed by atoms with van der Waals surface area (Å²) in [5.74, 6) is 1.19. The standard InChI is InChI=1S/C18H30N4O/c1-7-11-17(23-15(4)5)16(8-2)21-18(19)14-22(9-3)13-10-12-20-6/h7-8,10-15,21H,2,9,19H2,1,3-6H3/b11-7+,13-10-,17-16-,18-14-,20-12+. The predicted octanol–water partition coefficient (Wildman–Crippen LogP) is 3.27. The lowest BCUT2D eigenvalue weighted by Crippen LogP contribution is -2.24. The summed E-state index contributed by atoms with van der Waals surface area (Å²) in [5, 5.41) is 3.13. The van der Waals surface area contributed by atoms with Crippen LogP contribution in [-0.4, -0.2) is 30.8 Å². The number of hydrogen-bond acceptors (Lipinski definition) is 5. The molecule has 0 spiro atoms. The van der Waals surface area contributed by atoms with Crippen LogP contribution < -0.4 is 11.1 Å². The minimum atomic E-state index is 0.0616. The van der Waals surface area contributed by atoms with Gasteiger partial charge >= 0.3 is 0 Å². The summed E-state index contributed by atoms with van der Waals surface area (Å²) in [6, 6.07) is 0. The van der Waals surface area contributed by atoms with Crippen molar-refractivity contribution < 1.29 is 4.74 Å². The van der Waals surface area contributed by atoms with Crippen molar-refractivity contribution in [2.45, 2.75) is 33.8 Å². The van der Waals surface area contributed by atoms with Gasteiger partial charge in [0, 0.05) is 32.2 Å². The van der Waals surface area contributed by atoms with E-state index in [1.807, 2.05) is 63.2 Å². The molecule has 0 heterocycles. The summed E-state index contributed by atoms with van der Waals surface area (Å²) in [6.45, 7) is 12.5. The molecule has 5 nitrogen and oxygen atoms in total. The molecule has 0 aliphatic rings. The predicted molar refractivity (Wildman–Crippen MR) is 99.6 cm³/mol. The number of allylic oxidation sites excluding steroid dienone is 4. The van der Waals surface area contributed by atoms with Crippen LogP contribution in [-0.2, 0) is 4.74 Å². The Morgan fingerprint density at radius 2 is 2.13 bits per heavy atom. The fourth-order valence-corrected chi connectivity index (χ4v) is 1.65. The second kappa shape index (κ2) is 12.1. The molecule has 0 aliphatic carbocycles. The van der Waals surface area contributed by atoms with Gasteiger partial charge in [0.05, 0.1) is 11.8 Å². The van der Waals surface area contributed by atoms with E-state index in [-0.39, 0.29) is 6.10 Å². The Morgan fingerprint density at radius 1 is 1.43 bits per heavy atom. The van der Waals surface area contributed by atoms with Gasteiger partial charge in [-0.25, -0.2) is 0 Å². The van der Waals surface area contributed by atoms with Crippen molar-refractivity contribution in [3.05, 3.63) is 60.6 Å². The zero-order chi connectivity index (χ0) is 17.7. The van der Waals surface area contributed by atoms with Gasteiger partial charge in [-0.3, -0.25) is 4.99 Å². The molecule has 0 saturated heterocycles. The van der Waals surface area contributed by atoms with E-state index in [0.717, 1.165) is 12.2 Å². The van der Waals surface area contributed by atoms with E-state index < -0.39 is 0 Å². The van der Waals surface area contributed by atoms with Gasteiger partial charge in [0.2, 0.25) is 0 Å². The first-order chi connectivity index (χ1) is 11.0. The summed E-state index contributed by atoms with van der Waals surface area (Å²) in [6.07, 6.45) is 12.8. The molecular weight excluding hydrogens is 288 g/mol. The van der Waals surface area contributed by atoms with E-state index in [9.17, 15) is 0 Å². The molecule has 0 atom stereocenters. The van der Waals surface area contributed by atoms with Crippen LogP contribution in [0, 0.1) is 0 Å². The van der Waals surface area contributed by atoms with E-state index >= 15 is 0 Å². The van der Waals surface area contributed by atoms with Crippen molar-refractivity contribution in [3.8, 4) is 0 Å². The highest BCUT2D eigenvalue weighted by Gasteiger charge is 2.06. The largest absolute Gasteiger partial charge is 0.489 e. The molecule has 128 valence electrons. The molecule has 0 saturated carbocycles. The average molecular weight is 318 g/mol. The van der Waals surface area contributed by atoms with Gasteiger partial charge in [0.1, 0.15) is 11.6 Å². The second-order valence-electron chi connectivity index (χ2n) is 4.94. The molecule has 0 fully saturated rings. The first kappa shape index (κ1) is 20.6. The highest BCUT2D eigenvalue weighted by molar-refractivity contribution is 5.70. The van der Waals surface area contributed by atoms with E-state index in [4.69, 9.17) is 10.5 Å². The lowest BCUT2D eigenvalue weighted by molar-refractivity contribution is 0.155. The molecule has 0 bridgehead atoms. The summed E-state index contributed by atoms with van der Waals surface area (Å²) in [4.78, 5) is 5.85. The molecule has 5 heteroatoms. The quantitative estimate of drug-likeness (QED) is 0.369. The highest BCUT2D eigenvalue weighted by Crippen LogP contribution is 2.11. The van der Waals surface area contributed by atoms with E-state index in [2.05, 4.69) is 16.9 Å². The number of nitrogens with zero attached hydrogens (tertiary/aromatic N) is 2. The number of hydrogen-bond donors (Lipinski definition) is 2. The average Bonchev–Trinajstić information content (AvgIpc) is 2.51. The molecule has 0 aromatic heterocycles. The van der Waals surface area contributed by atoms with Gasteiger partial charge in [-0.2, -0.15) is 0 Å². The summed E-state index contributed by atoms with van der Waals surface area (Å²) < 4.78 is 5.79. The normalized spacial score (nSPS) is 13.9. The van der Waals surface area contributed by atoms with E-state index in [1.165, 1.54) is 0 Å². The minimum Gasteiger partial charge on any atom is -0.489 e. The van der Waals surface area contributed by atoms with Crippen LogP contribution in [0.1, 0.15) is 27.7 Å². The van der Waals surface area contributed by atoms with Gasteiger partial charge in [0.15, 0.2) is 0 Å². The van der Waals surface area contributed by atoms with Gasteiger partial charge in [-0.1, -0.05) is 12.7 Å². The topological polar surface area (TPSA) is 62.9 Å². The molecule has 23 heavy (non-hydrogen) atoms. The first-order valence-electron chi connectivity index (χ1n) is 7.73. The third-order valence-corrected chi connectivity index (χ3v) is 2.61. The van der Waals surface area contributed by atoms with E-state index in [0.29, 0.717) is 11.6 Å². The molecule has 0 unspecified atom stereocenters. The van der Waals surface area contributed by atoms with Crippen molar-refractivity contribution in [2.24, 2.45) is 10.7 Å². The van der Waals surface area contributed by atoms with Gasteiger partial charge in [-0.05, 0) is 45.9 Å². The van der Waals surface area contributed by atoms with Crippen molar-refractivity contribution in [1.29, 1.82) is 0 Å². The highest BCUT2D eigenvalue weighted by atomic mass is 16.5. The molecule has 0 rings (SSSR count). The number of aliphatic imine (C=N–C) groups is 1. The SMILES string of the molecule is C=C/C(N/C(N)=C\N(/C=C\C=N\C)CC)=C(\C=C\C)OC(C)C. The van der Waals surface area contributed by atoms with Crippen LogP contribution in [0.3, 0.4) is 0 Å². The fourth-order valence-electron chi connectivity index (χ4n) is 1.65. The summed E-state index contributed by atoms with van der Waals surface area (Å²) in [5.41, 5.74) is 6.80. The number of rotatable bonds is 10. The molecular formula is C18H30N4O. The molecule has 0 amide bonds. The van der Waals surface area contributed by atoms with Crippen molar-refractivity contribution in [1.82, 2.24) is 10.2 Å². The maximum absolute atomic E-state index is 6.07. The van der Waals surface area contributed by atoms with Gasteiger partial charge in [-0.15, -0.1) is 0 Å². The Kier molecular flexibility index (Phi) is 10.9. The third-order valence-electron chi connectivity index (χ3n) is 2.61. The van der Waals surface area contributed by atoms with Crippen LogP contribution in [0.4, 0.5) is 0 Å². The minimum absolute atomic E-state index is 0.0616. The van der Waals surface area contributed by atoms with E-state index in [1.54, 1.807) is 19.3 Å². The number of ether oxygens (including phenoxy) is 1. The molecule has 0 aliphatic heterocycles. The van der Waals surface area contributed by atoms with Crippen LogP contribution >= 0.6 is 0 Å². The zero-order valence-electron chi connectivity index (χ0n) is 14.9. The van der Waals surface area contributed by atoms with Crippen LogP contribution in [0.25, 0.3) is 0 Å². The summed E-state index contributed by atoms with van der Waals surface area (Å²) in [7, 11) is 1.73. The van der Waals surface area contributed by atoms with Crippen molar-refractivity contribution in [2.75, 3.05) is 13.6 Å². The van der Waals surface area contributed by atoms with Crippen molar-refractivity contribution >= 4 is 6.21 Å². The smallest absolute Gasteiger partial charge is 0.142 e. The number of nitrogens with two attached hydrogens (primary N) is 1. The van der Waals surface area contributed by atoms with Crippen molar-refractivity contribution in [3.63, 3.8) is 0 Å². The van der Waals surface area contributed by atoms with Gasteiger partial charge < -0.3 is 20.7 Å². The molecule has 0 radical (unpaired) electrons. The van der Waals surface area contributed by atoms with Crippen LogP contribution in [0.5, 0.6) is 0 Å². The molecule has 3 N–H and O–H groups in total. The van der Waals surface area contributed by atoms with Crippen LogP contribution in [0.2, 0.25) is 0 Å². The Bertz CT molecular complexity index is 499. The lowest BCUT2D eigenvalue weighted by atomic mass is 10.3. The Labute approximate surface area is 140 Å². The zero-order valence-corrected chi connectivity index (χ0v) is 14.9. The van der Waals surface area contributed by atoms with Crippen LogP contribution in [0.15, 0.2) is 65.6 Å². The maximum Gasteiger partial charge on any atom is 0.142 e. The Hall–Kier alpha value is -2.43. The maximum atomic E-state index is 6.07. The Balaban J connectivity index is 5.27. The van der Waals surface area contributed by atoms with Gasteiger partial charge in [0.25, 0.3) is 0 Å². The molecule has 0 aromatic carbocycles. The Morgan fingerprint density at radius 3 is 2.61 bits per heavy atom. The summed E-state index contributed by atoms with van der Waals surface area (Å²) >= 11 is 0. The second-order valence-corrected chi connectivity index (χ2v) is 4.94. The molecule has 0 aromatic rings. The lowest BCUT2D eigenvalue weighted by Gasteiger charge is -2.18. The number of nitrogens with one attached hydrogen (secondary N) is 1. The first-order valence-corrected chi connectivity index (χ1v) is 7.73. The fraction of sp³-hybridized carbons (Fsp3) is 0.389.